The predicted octanol–water partition coefficient (Wildman–Crippen LogP) is 3.90. The first-order chi connectivity index (χ1) is 14.5. The van der Waals surface area contributed by atoms with Crippen molar-refractivity contribution in [2.45, 2.75) is 44.8 Å². The lowest BCUT2D eigenvalue weighted by molar-refractivity contribution is -0.149. The first kappa shape index (κ1) is 20.1. The molecule has 2 fully saturated rings. The van der Waals surface area contributed by atoms with Gasteiger partial charge in [-0.1, -0.05) is 74.4 Å². The molecule has 6 heteroatoms. The second-order valence-electron chi connectivity index (χ2n) is 8.16. The number of urea groups is 1. The van der Waals surface area contributed by atoms with Crippen molar-refractivity contribution in [3.05, 3.63) is 60.2 Å². The van der Waals surface area contributed by atoms with Crippen LogP contribution in [0, 0.1) is 5.92 Å². The molecular formula is C24H26N2O4. The van der Waals surface area contributed by atoms with Crippen molar-refractivity contribution in [3.63, 3.8) is 0 Å². The zero-order valence-corrected chi connectivity index (χ0v) is 17.1. The molecule has 2 atom stereocenters. The average Bonchev–Trinajstić information content (AvgIpc) is 3.00. The molecule has 2 aromatic rings. The number of carbonyl (C=O) groups is 3. The van der Waals surface area contributed by atoms with Crippen LogP contribution in [0.25, 0.3) is 11.1 Å². The SMILES string of the molecule is C[C@@H]1CCCC[C@]12NC(=O)N(CC(=O)OCc1ccc(-c3ccccc3)cc1)C2=O. The maximum absolute atomic E-state index is 12.9. The van der Waals surface area contributed by atoms with E-state index < -0.39 is 17.5 Å². The lowest BCUT2D eigenvalue weighted by Gasteiger charge is -2.36. The van der Waals surface area contributed by atoms with E-state index in [1.54, 1.807) is 0 Å². The van der Waals surface area contributed by atoms with E-state index in [4.69, 9.17) is 4.74 Å². The highest BCUT2D eigenvalue weighted by Gasteiger charge is 2.55. The Labute approximate surface area is 176 Å². The number of esters is 1. The van der Waals surface area contributed by atoms with Crippen LogP contribution in [0.5, 0.6) is 0 Å². The van der Waals surface area contributed by atoms with Crippen molar-refractivity contribution in [3.8, 4) is 11.1 Å². The second kappa shape index (κ2) is 8.30. The van der Waals surface area contributed by atoms with Gasteiger partial charge in [0.1, 0.15) is 18.7 Å². The molecule has 0 aromatic heterocycles. The molecule has 1 saturated carbocycles. The van der Waals surface area contributed by atoms with Gasteiger partial charge < -0.3 is 10.1 Å². The summed E-state index contributed by atoms with van der Waals surface area (Å²) < 4.78 is 5.32. The maximum atomic E-state index is 12.9. The molecule has 1 heterocycles. The van der Waals surface area contributed by atoms with Gasteiger partial charge in [-0.15, -0.1) is 0 Å². The Balaban J connectivity index is 1.34. The monoisotopic (exact) mass is 406 g/mol. The van der Waals surface area contributed by atoms with Gasteiger partial charge in [0.2, 0.25) is 0 Å². The molecule has 6 nitrogen and oxygen atoms in total. The Bertz CT molecular complexity index is 941. The van der Waals surface area contributed by atoms with Crippen molar-refractivity contribution < 1.29 is 19.1 Å². The van der Waals surface area contributed by atoms with E-state index in [0.717, 1.165) is 40.9 Å². The highest BCUT2D eigenvalue weighted by atomic mass is 16.5. The summed E-state index contributed by atoms with van der Waals surface area (Å²) in [5.74, 6) is -0.832. The number of carbonyl (C=O) groups excluding carboxylic acids is 3. The Kier molecular flexibility index (Phi) is 5.57. The number of hydrogen-bond acceptors (Lipinski definition) is 4. The van der Waals surface area contributed by atoms with E-state index in [2.05, 4.69) is 5.32 Å². The molecule has 1 aliphatic carbocycles. The fraction of sp³-hybridized carbons (Fsp3) is 0.375. The van der Waals surface area contributed by atoms with Crippen LogP contribution in [0.4, 0.5) is 4.79 Å². The van der Waals surface area contributed by atoms with Gasteiger partial charge >= 0.3 is 12.0 Å². The lowest BCUT2D eigenvalue weighted by atomic mass is 9.73. The fourth-order valence-corrected chi connectivity index (χ4v) is 4.40. The first-order valence-electron chi connectivity index (χ1n) is 10.4. The van der Waals surface area contributed by atoms with Gasteiger partial charge in [-0.05, 0) is 35.4 Å². The van der Waals surface area contributed by atoms with Crippen LogP contribution in [0.2, 0.25) is 0 Å². The average molecular weight is 406 g/mol. The van der Waals surface area contributed by atoms with E-state index in [0.29, 0.717) is 6.42 Å². The van der Waals surface area contributed by atoms with Crippen LogP contribution in [-0.2, 0) is 20.9 Å². The maximum Gasteiger partial charge on any atom is 0.326 e. The Morgan fingerprint density at radius 2 is 1.77 bits per heavy atom. The molecule has 1 saturated heterocycles. The number of ether oxygens (including phenoxy) is 1. The zero-order valence-electron chi connectivity index (χ0n) is 17.1. The number of nitrogens with one attached hydrogen (secondary N) is 1. The van der Waals surface area contributed by atoms with Crippen LogP contribution in [0.3, 0.4) is 0 Å². The van der Waals surface area contributed by atoms with Crippen LogP contribution < -0.4 is 5.32 Å². The fourth-order valence-electron chi connectivity index (χ4n) is 4.40. The van der Waals surface area contributed by atoms with Gasteiger partial charge in [0.15, 0.2) is 0 Å². The largest absolute Gasteiger partial charge is 0.459 e. The van der Waals surface area contributed by atoms with Crippen LogP contribution in [0.1, 0.15) is 38.2 Å². The summed E-state index contributed by atoms with van der Waals surface area (Å²) in [5, 5.41) is 2.85. The van der Waals surface area contributed by atoms with Crippen LogP contribution >= 0.6 is 0 Å². The highest BCUT2D eigenvalue weighted by molar-refractivity contribution is 6.08. The normalized spacial score (nSPS) is 23.5. The Morgan fingerprint density at radius 1 is 1.07 bits per heavy atom. The second-order valence-corrected chi connectivity index (χ2v) is 8.16. The van der Waals surface area contributed by atoms with Crippen molar-refractivity contribution >= 4 is 17.9 Å². The molecule has 4 rings (SSSR count). The molecule has 2 aliphatic rings. The number of nitrogens with zero attached hydrogens (tertiary/aromatic N) is 1. The van der Waals surface area contributed by atoms with Gasteiger partial charge in [0.05, 0.1) is 0 Å². The van der Waals surface area contributed by atoms with Gasteiger partial charge in [0.25, 0.3) is 5.91 Å². The Morgan fingerprint density at radius 3 is 2.47 bits per heavy atom. The van der Waals surface area contributed by atoms with E-state index in [1.807, 2.05) is 61.5 Å². The van der Waals surface area contributed by atoms with Gasteiger partial charge in [-0.2, -0.15) is 0 Å². The van der Waals surface area contributed by atoms with Crippen molar-refractivity contribution in [2.75, 3.05) is 6.54 Å². The number of benzene rings is 2. The van der Waals surface area contributed by atoms with Crippen LogP contribution in [-0.4, -0.2) is 34.9 Å². The molecule has 0 unspecified atom stereocenters. The predicted molar refractivity (Wildman–Crippen MR) is 112 cm³/mol. The number of rotatable bonds is 5. The molecule has 1 N–H and O–H groups in total. The van der Waals surface area contributed by atoms with Gasteiger partial charge in [0, 0.05) is 0 Å². The number of amides is 3. The quantitative estimate of drug-likeness (QED) is 0.604. The highest BCUT2D eigenvalue weighted by Crippen LogP contribution is 2.38. The van der Waals surface area contributed by atoms with E-state index in [1.165, 1.54) is 0 Å². The third-order valence-electron chi connectivity index (χ3n) is 6.25. The summed E-state index contributed by atoms with van der Waals surface area (Å²) in [5.41, 5.74) is 2.18. The molecule has 156 valence electrons. The number of imide groups is 1. The molecule has 2 aromatic carbocycles. The minimum Gasteiger partial charge on any atom is -0.459 e. The third-order valence-corrected chi connectivity index (χ3v) is 6.25. The molecule has 0 bridgehead atoms. The smallest absolute Gasteiger partial charge is 0.326 e. The van der Waals surface area contributed by atoms with Crippen molar-refractivity contribution in [1.82, 2.24) is 10.2 Å². The molecule has 1 spiro atoms. The topological polar surface area (TPSA) is 75.7 Å². The summed E-state index contributed by atoms with van der Waals surface area (Å²) in [4.78, 5) is 38.6. The van der Waals surface area contributed by atoms with E-state index in [9.17, 15) is 14.4 Å². The molecule has 3 amide bonds. The Hall–Kier alpha value is -3.15. The molecule has 1 aliphatic heterocycles. The van der Waals surface area contributed by atoms with Crippen LogP contribution in [0.15, 0.2) is 54.6 Å². The molecular weight excluding hydrogens is 380 g/mol. The zero-order chi connectivity index (χ0) is 21.1. The van der Waals surface area contributed by atoms with Gasteiger partial charge in [-0.25, -0.2) is 4.79 Å². The summed E-state index contributed by atoms with van der Waals surface area (Å²) in [6.45, 7) is 1.72. The van der Waals surface area contributed by atoms with Gasteiger partial charge in [-0.3, -0.25) is 14.5 Å². The standard InChI is InChI=1S/C24H26N2O4/c1-17-7-5-6-14-24(17)22(28)26(23(29)25-24)15-21(27)30-16-18-10-12-20(13-11-18)19-8-3-2-4-9-19/h2-4,8-13,17H,5-7,14-16H2,1H3,(H,25,29)/t17-,24+/m1/s1. The van der Waals surface area contributed by atoms with Crippen molar-refractivity contribution in [2.24, 2.45) is 5.92 Å². The summed E-state index contributed by atoms with van der Waals surface area (Å²) in [6.07, 6.45) is 3.46. The minimum atomic E-state index is -0.858. The minimum absolute atomic E-state index is 0.0619. The third kappa shape index (κ3) is 3.82. The molecule has 30 heavy (non-hydrogen) atoms. The van der Waals surface area contributed by atoms with E-state index >= 15 is 0 Å². The summed E-state index contributed by atoms with van der Waals surface area (Å²) in [6, 6.07) is 17.3. The first-order valence-corrected chi connectivity index (χ1v) is 10.4. The summed E-state index contributed by atoms with van der Waals surface area (Å²) >= 11 is 0. The lowest BCUT2D eigenvalue weighted by Crippen LogP contribution is -2.54. The number of hydrogen-bond donors (Lipinski definition) is 1. The van der Waals surface area contributed by atoms with Crippen molar-refractivity contribution in [1.29, 1.82) is 0 Å². The summed E-state index contributed by atoms with van der Waals surface area (Å²) in [7, 11) is 0. The molecule has 0 radical (unpaired) electrons. The van der Waals surface area contributed by atoms with E-state index in [-0.39, 0.29) is 25.0 Å².